The lowest BCUT2D eigenvalue weighted by Crippen LogP contribution is -2.14. The first-order chi connectivity index (χ1) is 14.1. The monoisotopic (exact) mass is 388 g/mol. The number of benzene rings is 3. The van der Waals surface area contributed by atoms with E-state index in [1.807, 2.05) is 37.3 Å². The van der Waals surface area contributed by atoms with Gasteiger partial charge in [0.15, 0.2) is 0 Å². The zero-order valence-electron chi connectivity index (χ0n) is 16.4. The Morgan fingerprint density at radius 1 is 0.828 bits per heavy atom. The number of anilines is 2. The highest BCUT2D eigenvalue weighted by atomic mass is 16.5. The van der Waals surface area contributed by atoms with Gasteiger partial charge in [0.25, 0.3) is 5.91 Å². The smallest absolute Gasteiger partial charge is 0.255 e. The van der Waals surface area contributed by atoms with Crippen LogP contribution in [0, 0.1) is 0 Å². The van der Waals surface area contributed by atoms with Crippen LogP contribution >= 0.6 is 0 Å². The van der Waals surface area contributed by atoms with Crippen molar-refractivity contribution < 1.29 is 14.3 Å². The van der Waals surface area contributed by atoms with Crippen LogP contribution in [0.1, 0.15) is 29.3 Å². The maximum Gasteiger partial charge on any atom is 0.255 e. The Hall–Kier alpha value is -3.60. The summed E-state index contributed by atoms with van der Waals surface area (Å²) in [7, 11) is 0. The molecule has 0 saturated heterocycles. The molecule has 29 heavy (non-hydrogen) atoms. The van der Waals surface area contributed by atoms with Gasteiger partial charge in [0, 0.05) is 23.4 Å². The third-order valence-electron chi connectivity index (χ3n) is 4.32. The largest absolute Gasteiger partial charge is 0.494 e. The summed E-state index contributed by atoms with van der Waals surface area (Å²) in [5.41, 5.74) is 2.92. The van der Waals surface area contributed by atoms with Gasteiger partial charge in [0.2, 0.25) is 5.91 Å². The van der Waals surface area contributed by atoms with Crippen LogP contribution in [0.4, 0.5) is 11.4 Å². The molecule has 3 aromatic carbocycles. The molecule has 0 atom stereocenters. The van der Waals surface area contributed by atoms with Crippen molar-refractivity contribution in [3.8, 4) is 5.75 Å². The number of rotatable bonds is 8. The summed E-state index contributed by atoms with van der Waals surface area (Å²) in [6.45, 7) is 2.49. The molecule has 2 N–H and O–H groups in total. The number of aryl methyl sites for hydroxylation is 1. The Morgan fingerprint density at radius 2 is 1.52 bits per heavy atom. The predicted molar refractivity (Wildman–Crippen MR) is 115 cm³/mol. The molecule has 0 unspecified atom stereocenters. The van der Waals surface area contributed by atoms with Crippen molar-refractivity contribution in [3.63, 3.8) is 0 Å². The van der Waals surface area contributed by atoms with E-state index in [0.717, 1.165) is 11.3 Å². The van der Waals surface area contributed by atoms with Crippen molar-refractivity contribution >= 4 is 23.2 Å². The maximum absolute atomic E-state index is 12.4. The zero-order valence-corrected chi connectivity index (χ0v) is 16.4. The fourth-order valence-corrected chi connectivity index (χ4v) is 2.87. The summed E-state index contributed by atoms with van der Waals surface area (Å²) in [5, 5.41) is 5.73. The molecule has 0 aliphatic carbocycles. The van der Waals surface area contributed by atoms with Gasteiger partial charge < -0.3 is 15.4 Å². The minimum atomic E-state index is -0.222. The van der Waals surface area contributed by atoms with Crippen molar-refractivity contribution in [2.75, 3.05) is 17.2 Å². The van der Waals surface area contributed by atoms with Crippen LogP contribution < -0.4 is 15.4 Å². The van der Waals surface area contributed by atoms with E-state index in [4.69, 9.17) is 4.74 Å². The van der Waals surface area contributed by atoms with Gasteiger partial charge in [-0.25, -0.2) is 0 Å². The molecular formula is C24H24N2O3. The van der Waals surface area contributed by atoms with Crippen molar-refractivity contribution in [3.05, 3.63) is 90.0 Å². The molecule has 0 aliphatic rings. The summed E-state index contributed by atoms with van der Waals surface area (Å²) >= 11 is 0. The van der Waals surface area contributed by atoms with E-state index in [2.05, 4.69) is 10.6 Å². The highest BCUT2D eigenvalue weighted by molar-refractivity contribution is 6.04. The van der Waals surface area contributed by atoms with Gasteiger partial charge in [-0.3, -0.25) is 9.59 Å². The molecule has 5 nitrogen and oxygen atoms in total. The van der Waals surface area contributed by atoms with Crippen LogP contribution in [0.15, 0.2) is 78.9 Å². The number of hydrogen-bond donors (Lipinski definition) is 2. The van der Waals surface area contributed by atoms with Gasteiger partial charge in [-0.1, -0.05) is 36.4 Å². The Kier molecular flexibility index (Phi) is 7.00. The summed E-state index contributed by atoms with van der Waals surface area (Å²) in [5.74, 6) is 0.439. The lowest BCUT2D eigenvalue weighted by atomic mass is 10.1. The molecule has 0 spiro atoms. The Morgan fingerprint density at radius 3 is 2.21 bits per heavy atom. The van der Waals surface area contributed by atoms with E-state index in [9.17, 15) is 9.59 Å². The second kappa shape index (κ2) is 10.1. The lowest BCUT2D eigenvalue weighted by molar-refractivity contribution is -0.116. The first-order valence-corrected chi connectivity index (χ1v) is 9.62. The molecule has 0 fully saturated rings. The predicted octanol–water partition coefficient (Wildman–Crippen LogP) is 4.91. The summed E-state index contributed by atoms with van der Waals surface area (Å²) in [4.78, 5) is 24.7. The minimum Gasteiger partial charge on any atom is -0.494 e. The molecular weight excluding hydrogens is 364 g/mol. The highest BCUT2D eigenvalue weighted by Crippen LogP contribution is 2.18. The summed E-state index contributed by atoms with van der Waals surface area (Å²) < 4.78 is 5.39. The first-order valence-electron chi connectivity index (χ1n) is 9.62. The number of carbonyl (C=O) groups excluding carboxylic acids is 2. The van der Waals surface area contributed by atoms with Crippen molar-refractivity contribution in [2.24, 2.45) is 0 Å². The van der Waals surface area contributed by atoms with E-state index in [-0.39, 0.29) is 11.8 Å². The SMILES string of the molecule is CCOc1ccc(C(=O)Nc2cccc(NC(=O)CCc3ccccc3)c2)cc1. The Labute approximate surface area is 170 Å². The number of ether oxygens (including phenoxy) is 1. The number of nitrogens with one attached hydrogen (secondary N) is 2. The zero-order chi connectivity index (χ0) is 20.5. The standard InChI is InChI=1S/C24H24N2O3/c1-2-29-22-14-12-19(13-15-22)24(28)26-21-10-6-9-20(17-21)25-23(27)16-11-18-7-4-3-5-8-18/h3-10,12-15,17H,2,11,16H2,1H3,(H,25,27)(H,26,28). The van der Waals surface area contributed by atoms with Gasteiger partial charge in [-0.05, 0) is 61.4 Å². The molecule has 0 aromatic heterocycles. The van der Waals surface area contributed by atoms with Crippen molar-refractivity contribution in [1.29, 1.82) is 0 Å². The molecule has 0 saturated carbocycles. The first kappa shape index (κ1) is 20.1. The van der Waals surface area contributed by atoms with Crippen molar-refractivity contribution in [1.82, 2.24) is 0 Å². The van der Waals surface area contributed by atoms with Crippen LogP contribution in [-0.2, 0) is 11.2 Å². The van der Waals surface area contributed by atoms with E-state index < -0.39 is 0 Å². The lowest BCUT2D eigenvalue weighted by Gasteiger charge is -2.10. The van der Waals surface area contributed by atoms with Gasteiger partial charge in [-0.2, -0.15) is 0 Å². The topological polar surface area (TPSA) is 67.4 Å². The molecule has 0 heterocycles. The van der Waals surface area contributed by atoms with Gasteiger partial charge in [0.1, 0.15) is 5.75 Å². The maximum atomic E-state index is 12.4. The molecule has 3 rings (SSSR count). The Balaban J connectivity index is 1.55. The number of carbonyl (C=O) groups is 2. The van der Waals surface area contributed by atoms with E-state index in [0.29, 0.717) is 36.4 Å². The van der Waals surface area contributed by atoms with E-state index >= 15 is 0 Å². The number of hydrogen-bond acceptors (Lipinski definition) is 3. The van der Waals surface area contributed by atoms with E-state index in [1.165, 1.54) is 0 Å². The van der Waals surface area contributed by atoms with Crippen LogP contribution in [0.2, 0.25) is 0 Å². The van der Waals surface area contributed by atoms with Crippen LogP contribution in [0.5, 0.6) is 5.75 Å². The molecule has 5 heteroatoms. The molecule has 2 amide bonds. The fourth-order valence-electron chi connectivity index (χ4n) is 2.87. The van der Waals surface area contributed by atoms with Crippen LogP contribution in [0.25, 0.3) is 0 Å². The number of amides is 2. The normalized spacial score (nSPS) is 10.2. The van der Waals surface area contributed by atoms with E-state index in [1.54, 1.807) is 48.5 Å². The molecule has 0 radical (unpaired) electrons. The molecule has 0 aliphatic heterocycles. The average molecular weight is 388 g/mol. The van der Waals surface area contributed by atoms with Gasteiger partial charge in [0.05, 0.1) is 6.61 Å². The average Bonchev–Trinajstić information content (AvgIpc) is 2.74. The van der Waals surface area contributed by atoms with Gasteiger partial charge >= 0.3 is 0 Å². The summed E-state index contributed by atoms with van der Waals surface area (Å²) in [6.07, 6.45) is 1.08. The van der Waals surface area contributed by atoms with Crippen LogP contribution in [-0.4, -0.2) is 18.4 Å². The minimum absolute atomic E-state index is 0.0659. The molecule has 0 bridgehead atoms. The second-order valence-corrected chi connectivity index (χ2v) is 6.53. The van der Waals surface area contributed by atoms with Crippen LogP contribution in [0.3, 0.4) is 0 Å². The molecule has 148 valence electrons. The molecule has 3 aromatic rings. The second-order valence-electron chi connectivity index (χ2n) is 6.53. The Bertz CT molecular complexity index is 953. The van der Waals surface area contributed by atoms with Gasteiger partial charge in [-0.15, -0.1) is 0 Å². The summed E-state index contributed by atoms with van der Waals surface area (Å²) in [6, 6.07) is 24.0. The highest BCUT2D eigenvalue weighted by Gasteiger charge is 2.08. The third-order valence-corrected chi connectivity index (χ3v) is 4.32. The third kappa shape index (κ3) is 6.21. The quantitative estimate of drug-likeness (QED) is 0.576. The fraction of sp³-hybridized carbons (Fsp3) is 0.167. The van der Waals surface area contributed by atoms with Crippen molar-refractivity contribution in [2.45, 2.75) is 19.8 Å².